The SMILES string of the molecule is Cc1ccc(Oc2ncc(CCl)c(C)n2)c(C(C)(C)C)c1. The smallest absolute Gasteiger partial charge is 0.322 e. The fraction of sp³-hybridized carbons (Fsp3) is 0.412. The molecule has 21 heavy (non-hydrogen) atoms. The first kappa shape index (κ1) is 15.8. The van der Waals surface area contributed by atoms with E-state index in [1.807, 2.05) is 19.1 Å². The highest BCUT2D eigenvalue weighted by Gasteiger charge is 2.20. The number of ether oxygens (including phenoxy) is 1. The van der Waals surface area contributed by atoms with Gasteiger partial charge in [-0.15, -0.1) is 11.6 Å². The number of alkyl halides is 1. The minimum Gasteiger partial charge on any atom is -0.424 e. The van der Waals surface area contributed by atoms with E-state index in [0.29, 0.717) is 11.9 Å². The minimum absolute atomic E-state index is 0.00746. The van der Waals surface area contributed by atoms with Crippen molar-refractivity contribution in [2.75, 3.05) is 0 Å². The summed E-state index contributed by atoms with van der Waals surface area (Å²) >= 11 is 5.83. The van der Waals surface area contributed by atoms with E-state index in [1.54, 1.807) is 6.20 Å². The Labute approximate surface area is 131 Å². The zero-order chi connectivity index (χ0) is 15.6. The maximum absolute atomic E-state index is 5.91. The second kappa shape index (κ2) is 6.02. The molecule has 0 saturated carbocycles. The van der Waals surface area contributed by atoms with Gasteiger partial charge in [-0.2, -0.15) is 4.98 Å². The molecule has 0 amide bonds. The van der Waals surface area contributed by atoms with E-state index in [2.05, 4.69) is 43.7 Å². The van der Waals surface area contributed by atoms with Gasteiger partial charge in [0, 0.05) is 23.0 Å². The molecule has 0 unspecified atom stereocenters. The summed E-state index contributed by atoms with van der Waals surface area (Å²) in [5.74, 6) is 1.20. The van der Waals surface area contributed by atoms with Gasteiger partial charge in [0.25, 0.3) is 0 Å². The molecule has 1 aromatic heterocycles. The third-order valence-electron chi connectivity index (χ3n) is 3.35. The molecule has 0 fully saturated rings. The van der Waals surface area contributed by atoms with Crippen molar-refractivity contribution >= 4 is 11.6 Å². The van der Waals surface area contributed by atoms with Gasteiger partial charge < -0.3 is 4.74 Å². The standard InChI is InChI=1S/C17H21ClN2O/c1-11-6-7-15(14(8-11)17(3,4)5)21-16-19-10-13(9-18)12(2)20-16/h6-8,10H,9H2,1-5H3. The number of hydrogen-bond acceptors (Lipinski definition) is 3. The zero-order valence-corrected chi connectivity index (χ0v) is 14.0. The predicted octanol–water partition coefficient (Wildman–Crippen LogP) is 4.92. The lowest BCUT2D eigenvalue weighted by molar-refractivity contribution is 0.420. The van der Waals surface area contributed by atoms with E-state index in [-0.39, 0.29) is 5.41 Å². The molecule has 0 aliphatic heterocycles. The number of aromatic nitrogens is 2. The molecule has 4 heteroatoms. The predicted molar refractivity (Wildman–Crippen MR) is 86.3 cm³/mol. The summed E-state index contributed by atoms with van der Waals surface area (Å²) in [6.45, 7) is 10.5. The average molecular weight is 305 g/mol. The summed E-state index contributed by atoms with van der Waals surface area (Å²) < 4.78 is 5.91. The molecule has 2 rings (SSSR count). The first-order chi connectivity index (χ1) is 9.81. The average Bonchev–Trinajstić information content (AvgIpc) is 2.40. The molecule has 3 nitrogen and oxygen atoms in total. The van der Waals surface area contributed by atoms with E-state index in [4.69, 9.17) is 16.3 Å². The van der Waals surface area contributed by atoms with Crippen LogP contribution in [-0.2, 0) is 11.3 Å². The Morgan fingerprint density at radius 2 is 1.90 bits per heavy atom. The van der Waals surface area contributed by atoms with Gasteiger partial charge in [0.2, 0.25) is 0 Å². The summed E-state index contributed by atoms with van der Waals surface area (Å²) in [5, 5.41) is 0. The third kappa shape index (κ3) is 3.73. The normalized spacial score (nSPS) is 11.5. The molecule has 1 heterocycles. The van der Waals surface area contributed by atoms with Crippen LogP contribution in [0.25, 0.3) is 0 Å². The lowest BCUT2D eigenvalue weighted by Gasteiger charge is -2.22. The maximum Gasteiger partial charge on any atom is 0.322 e. The van der Waals surface area contributed by atoms with Crippen molar-refractivity contribution in [2.24, 2.45) is 0 Å². The lowest BCUT2D eigenvalue weighted by Crippen LogP contribution is -2.13. The number of halogens is 1. The highest BCUT2D eigenvalue weighted by molar-refractivity contribution is 6.17. The third-order valence-corrected chi connectivity index (χ3v) is 3.64. The largest absolute Gasteiger partial charge is 0.424 e. The summed E-state index contributed by atoms with van der Waals surface area (Å²) in [7, 11) is 0. The molecule has 0 spiro atoms. The Bertz CT molecular complexity index is 648. The quantitative estimate of drug-likeness (QED) is 0.755. The monoisotopic (exact) mass is 304 g/mol. The van der Waals surface area contributed by atoms with Crippen molar-refractivity contribution < 1.29 is 4.74 Å². The summed E-state index contributed by atoms with van der Waals surface area (Å²) in [5.41, 5.74) is 4.11. The Balaban J connectivity index is 2.38. The molecule has 0 atom stereocenters. The van der Waals surface area contributed by atoms with Crippen molar-refractivity contribution in [3.8, 4) is 11.8 Å². The fourth-order valence-corrected chi connectivity index (χ4v) is 2.33. The van der Waals surface area contributed by atoms with Crippen LogP contribution in [0.4, 0.5) is 0 Å². The molecule has 0 aliphatic carbocycles. The molecule has 0 N–H and O–H groups in total. The Morgan fingerprint density at radius 3 is 2.48 bits per heavy atom. The second-order valence-electron chi connectivity index (χ2n) is 6.25. The Hall–Kier alpha value is -1.61. The summed E-state index contributed by atoms with van der Waals surface area (Å²) in [6, 6.07) is 6.51. The van der Waals surface area contributed by atoms with Crippen LogP contribution >= 0.6 is 11.6 Å². The fourth-order valence-electron chi connectivity index (χ4n) is 2.07. The van der Waals surface area contributed by atoms with Crippen LogP contribution in [0.5, 0.6) is 11.8 Å². The van der Waals surface area contributed by atoms with Crippen molar-refractivity contribution in [3.05, 3.63) is 46.8 Å². The van der Waals surface area contributed by atoms with Crippen LogP contribution in [0.2, 0.25) is 0 Å². The van der Waals surface area contributed by atoms with Crippen molar-refractivity contribution in [2.45, 2.75) is 45.9 Å². The van der Waals surface area contributed by atoms with E-state index >= 15 is 0 Å². The van der Waals surface area contributed by atoms with Crippen LogP contribution in [0.1, 0.15) is 43.2 Å². The number of rotatable bonds is 3. The molecule has 1 aromatic carbocycles. The van der Waals surface area contributed by atoms with Crippen LogP contribution in [-0.4, -0.2) is 9.97 Å². The molecule has 0 aliphatic rings. The van der Waals surface area contributed by atoms with E-state index in [1.165, 1.54) is 5.56 Å². The van der Waals surface area contributed by atoms with Gasteiger partial charge in [-0.3, -0.25) is 0 Å². The number of aryl methyl sites for hydroxylation is 2. The minimum atomic E-state index is -0.00746. The Kier molecular flexibility index (Phi) is 4.52. The molecule has 0 bridgehead atoms. The number of hydrogen-bond donors (Lipinski definition) is 0. The van der Waals surface area contributed by atoms with Crippen LogP contribution in [0.15, 0.2) is 24.4 Å². The highest BCUT2D eigenvalue weighted by Crippen LogP contribution is 2.34. The lowest BCUT2D eigenvalue weighted by atomic mass is 9.85. The van der Waals surface area contributed by atoms with Gasteiger partial charge >= 0.3 is 6.01 Å². The van der Waals surface area contributed by atoms with Crippen molar-refractivity contribution in [3.63, 3.8) is 0 Å². The van der Waals surface area contributed by atoms with Gasteiger partial charge in [-0.25, -0.2) is 4.98 Å². The highest BCUT2D eigenvalue weighted by atomic mass is 35.5. The van der Waals surface area contributed by atoms with E-state index in [9.17, 15) is 0 Å². The maximum atomic E-state index is 5.91. The molecule has 112 valence electrons. The van der Waals surface area contributed by atoms with Gasteiger partial charge in [0.15, 0.2) is 0 Å². The number of benzene rings is 1. The van der Waals surface area contributed by atoms with E-state index in [0.717, 1.165) is 22.6 Å². The topological polar surface area (TPSA) is 35.0 Å². The molecule has 0 saturated heterocycles. The summed E-state index contributed by atoms with van der Waals surface area (Å²) in [4.78, 5) is 8.60. The first-order valence-electron chi connectivity index (χ1n) is 6.98. The zero-order valence-electron chi connectivity index (χ0n) is 13.2. The van der Waals surface area contributed by atoms with Crippen molar-refractivity contribution in [1.82, 2.24) is 9.97 Å². The molecule has 2 aromatic rings. The molecular weight excluding hydrogens is 284 g/mol. The van der Waals surface area contributed by atoms with Crippen LogP contribution in [0.3, 0.4) is 0 Å². The second-order valence-corrected chi connectivity index (χ2v) is 6.52. The number of nitrogens with zero attached hydrogens (tertiary/aromatic N) is 2. The van der Waals surface area contributed by atoms with Gasteiger partial charge in [0.1, 0.15) is 5.75 Å². The summed E-state index contributed by atoms with van der Waals surface area (Å²) in [6.07, 6.45) is 1.72. The van der Waals surface area contributed by atoms with Crippen LogP contribution in [0, 0.1) is 13.8 Å². The van der Waals surface area contributed by atoms with Crippen molar-refractivity contribution in [1.29, 1.82) is 0 Å². The molecular formula is C17H21ClN2O. The van der Waals surface area contributed by atoms with Gasteiger partial charge in [-0.1, -0.05) is 38.5 Å². The van der Waals surface area contributed by atoms with Gasteiger partial charge in [0.05, 0.1) is 5.88 Å². The molecule has 0 radical (unpaired) electrons. The van der Waals surface area contributed by atoms with E-state index < -0.39 is 0 Å². The van der Waals surface area contributed by atoms with Crippen LogP contribution < -0.4 is 4.74 Å². The first-order valence-corrected chi connectivity index (χ1v) is 7.52. The van der Waals surface area contributed by atoms with Gasteiger partial charge in [-0.05, 0) is 25.3 Å². The Morgan fingerprint density at radius 1 is 1.19 bits per heavy atom.